The number of amides is 1. The number of hydrogen-bond acceptors (Lipinski definition) is 3. The molecule has 0 aliphatic carbocycles. The predicted octanol–water partition coefficient (Wildman–Crippen LogP) is 0.525. The number of halogens is 1. The van der Waals surface area contributed by atoms with Crippen LogP contribution in [0.3, 0.4) is 0 Å². The molecule has 1 saturated heterocycles. The van der Waals surface area contributed by atoms with E-state index in [1.807, 2.05) is 0 Å². The highest BCUT2D eigenvalue weighted by molar-refractivity contribution is 9.09. The number of hydrogen-bond donors (Lipinski definition) is 1. The molecule has 1 fully saturated rings. The van der Waals surface area contributed by atoms with Crippen LogP contribution in [0.15, 0.2) is 0 Å². The van der Waals surface area contributed by atoms with Crippen LogP contribution in [0.2, 0.25) is 0 Å². The Morgan fingerprint density at radius 1 is 1.31 bits per heavy atom. The minimum atomic E-state index is 0.148. The fraction of sp³-hybridized carbons (Fsp3) is 0.909. The zero-order valence-corrected chi connectivity index (χ0v) is 11.6. The van der Waals surface area contributed by atoms with Gasteiger partial charge < -0.3 is 15.1 Å². The lowest BCUT2D eigenvalue weighted by Crippen LogP contribution is -2.45. The van der Waals surface area contributed by atoms with Gasteiger partial charge in [0.05, 0.1) is 0 Å². The van der Waals surface area contributed by atoms with Gasteiger partial charge >= 0.3 is 0 Å². The zero-order valence-electron chi connectivity index (χ0n) is 10.0. The fourth-order valence-electron chi connectivity index (χ4n) is 1.78. The van der Waals surface area contributed by atoms with Gasteiger partial charge in [-0.3, -0.25) is 4.79 Å². The predicted molar refractivity (Wildman–Crippen MR) is 70.0 cm³/mol. The van der Waals surface area contributed by atoms with E-state index in [4.69, 9.17) is 0 Å². The third-order valence-corrected chi connectivity index (χ3v) is 3.29. The molecule has 0 atom stereocenters. The topological polar surface area (TPSA) is 35.6 Å². The Morgan fingerprint density at radius 2 is 2.00 bits per heavy atom. The molecule has 94 valence electrons. The second kappa shape index (κ2) is 8.03. The first-order chi connectivity index (χ1) is 7.72. The molecule has 16 heavy (non-hydrogen) atoms. The van der Waals surface area contributed by atoms with Crippen molar-refractivity contribution < 1.29 is 4.79 Å². The fourth-order valence-corrected chi connectivity index (χ4v) is 2.14. The quantitative estimate of drug-likeness (QED) is 0.573. The Bertz CT molecular complexity index is 205. The smallest absolute Gasteiger partial charge is 0.220 e. The van der Waals surface area contributed by atoms with Crippen molar-refractivity contribution in [2.24, 2.45) is 0 Å². The van der Waals surface area contributed by atoms with Gasteiger partial charge in [0.15, 0.2) is 0 Å². The summed E-state index contributed by atoms with van der Waals surface area (Å²) in [6.45, 7) is 6.55. The van der Waals surface area contributed by atoms with Crippen LogP contribution < -0.4 is 5.32 Å². The normalized spacial score (nSPS) is 18.6. The van der Waals surface area contributed by atoms with Crippen LogP contribution in [0.5, 0.6) is 0 Å². The van der Waals surface area contributed by atoms with Crippen molar-refractivity contribution in [3.63, 3.8) is 0 Å². The summed E-state index contributed by atoms with van der Waals surface area (Å²) >= 11 is 3.25. The lowest BCUT2D eigenvalue weighted by molar-refractivity contribution is -0.120. The summed E-state index contributed by atoms with van der Waals surface area (Å²) in [4.78, 5) is 16.0. The first-order valence-corrected chi connectivity index (χ1v) is 7.08. The van der Waals surface area contributed by atoms with E-state index in [0.29, 0.717) is 6.42 Å². The first-order valence-electron chi connectivity index (χ1n) is 5.96. The molecule has 5 heteroatoms. The summed E-state index contributed by atoms with van der Waals surface area (Å²) < 4.78 is 0. The van der Waals surface area contributed by atoms with Crippen LogP contribution in [-0.2, 0) is 4.79 Å². The number of carbonyl (C=O) groups excluding carboxylic acids is 1. The molecule has 1 rings (SSSR count). The van der Waals surface area contributed by atoms with Gasteiger partial charge in [-0.15, -0.1) is 0 Å². The van der Waals surface area contributed by atoms with Gasteiger partial charge in [-0.2, -0.15) is 0 Å². The SMILES string of the molecule is CN1CCN(CCCNC(=O)CCBr)CC1. The molecule has 0 aromatic carbocycles. The van der Waals surface area contributed by atoms with Crippen molar-refractivity contribution in [1.29, 1.82) is 0 Å². The molecule has 0 saturated carbocycles. The van der Waals surface area contributed by atoms with Crippen LogP contribution >= 0.6 is 15.9 Å². The van der Waals surface area contributed by atoms with E-state index in [2.05, 4.69) is 38.1 Å². The maximum Gasteiger partial charge on any atom is 0.220 e. The number of rotatable bonds is 6. The molecule has 4 nitrogen and oxygen atoms in total. The number of piperazine rings is 1. The molecule has 0 spiro atoms. The molecule has 1 N–H and O–H groups in total. The van der Waals surface area contributed by atoms with Crippen LogP contribution in [0.1, 0.15) is 12.8 Å². The maximum absolute atomic E-state index is 11.2. The minimum Gasteiger partial charge on any atom is -0.356 e. The van der Waals surface area contributed by atoms with Gasteiger partial charge in [-0.05, 0) is 20.0 Å². The highest BCUT2D eigenvalue weighted by Crippen LogP contribution is 1.99. The Kier molecular flexibility index (Phi) is 7.00. The third-order valence-electron chi connectivity index (χ3n) is 2.89. The van der Waals surface area contributed by atoms with E-state index in [-0.39, 0.29) is 5.91 Å². The zero-order chi connectivity index (χ0) is 11.8. The van der Waals surface area contributed by atoms with Crippen LogP contribution in [0.4, 0.5) is 0 Å². The average molecular weight is 292 g/mol. The van der Waals surface area contributed by atoms with Crippen molar-refractivity contribution >= 4 is 21.8 Å². The summed E-state index contributed by atoms with van der Waals surface area (Å²) in [5.41, 5.74) is 0. The molecular weight excluding hydrogens is 270 g/mol. The standard InChI is InChI=1S/C11H22BrN3O/c1-14-7-9-15(10-8-14)6-2-5-13-11(16)3-4-12/h2-10H2,1H3,(H,13,16). The Morgan fingerprint density at radius 3 is 2.62 bits per heavy atom. The van der Waals surface area contributed by atoms with Gasteiger partial charge in [-0.25, -0.2) is 0 Å². The van der Waals surface area contributed by atoms with Crippen molar-refractivity contribution in [3.05, 3.63) is 0 Å². The molecule has 0 aromatic heterocycles. The molecule has 1 aliphatic rings. The van der Waals surface area contributed by atoms with Crippen LogP contribution in [0.25, 0.3) is 0 Å². The molecule has 0 bridgehead atoms. The monoisotopic (exact) mass is 291 g/mol. The summed E-state index contributed by atoms with van der Waals surface area (Å²) in [6.07, 6.45) is 1.63. The van der Waals surface area contributed by atoms with Gasteiger partial charge in [0.25, 0.3) is 0 Å². The van der Waals surface area contributed by atoms with E-state index in [9.17, 15) is 4.79 Å². The van der Waals surface area contributed by atoms with Crippen LogP contribution in [0, 0.1) is 0 Å². The highest BCUT2D eigenvalue weighted by Gasteiger charge is 2.12. The van der Waals surface area contributed by atoms with E-state index >= 15 is 0 Å². The summed E-state index contributed by atoms with van der Waals surface area (Å²) in [5.74, 6) is 0.148. The van der Waals surface area contributed by atoms with E-state index in [0.717, 1.165) is 51.0 Å². The van der Waals surface area contributed by atoms with Crippen molar-refractivity contribution in [2.45, 2.75) is 12.8 Å². The first kappa shape index (κ1) is 13.9. The van der Waals surface area contributed by atoms with Crippen molar-refractivity contribution in [2.75, 3.05) is 51.6 Å². The van der Waals surface area contributed by atoms with Gasteiger partial charge in [0.2, 0.25) is 5.91 Å². The van der Waals surface area contributed by atoms with E-state index in [1.54, 1.807) is 0 Å². The largest absolute Gasteiger partial charge is 0.356 e. The molecule has 0 radical (unpaired) electrons. The summed E-state index contributed by atoms with van der Waals surface area (Å²) in [5, 5.41) is 3.67. The van der Waals surface area contributed by atoms with Crippen LogP contribution in [-0.4, -0.2) is 67.4 Å². The average Bonchev–Trinajstić information content (AvgIpc) is 2.27. The molecule has 0 unspecified atom stereocenters. The highest BCUT2D eigenvalue weighted by atomic mass is 79.9. The minimum absolute atomic E-state index is 0.148. The molecule has 1 aliphatic heterocycles. The van der Waals surface area contributed by atoms with Gasteiger partial charge in [0, 0.05) is 44.5 Å². The number of likely N-dealkylation sites (N-methyl/N-ethyl adjacent to an activating group) is 1. The van der Waals surface area contributed by atoms with Gasteiger partial charge in [0.1, 0.15) is 0 Å². The molecule has 0 aromatic rings. The molecular formula is C11H22BrN3O. The Hall–Kier alpha value is -0.130. The number of nitrogens with zero attached hydrogens (tertiary/aromatic N) is 2. The lowest BCUT2D eigenvalue weighted by Gasteiger charge is -2.32. The molecule has 1 amide bonds. The third kappa shape index (κ3) is 5.82. The second-order valence-electron chi connectivity index (χ2n) is 4.29. The number of carbonyl (C=O) groups is 1. The lowest BCUT2D eigenvalue weighted by atomic mass is 10.3. The maximum atomic E-state index is 11.2. The van der Waals surface area contributed by atoms with Crippen molar-refractivity contribution in [1.82, 2.24) is 15.1 Å². The summed E-state index contributed by atoms with van der Waals surface area (Å²) in [7, 11) is 2.16. The second-order valence-corrected chi connectivity index (χ2v) is 5.08. The summed E-state index contributed by atoms with van der Waals surface area (Å²) in [6, 6.07) is 0. The molecule has 1 heterocycles. The number of alkyl halides is 1. The van der Waals surface area contributed by atoms with E-state index < -0.39 is 0 Å². The Balaban J connectivity index is 1.97. The Labute approximate surface area is 106 Å². The number of nitrogens with one attached hydrogen (secondary N) is 1. The van der Waals surface area contributed by atoms with Crippen molar-refractivity contribution in [3.8, 4) is 0 Å². The van der Waals surface area contributed by atoms with E-state index in [1.165, 1.54) is 0 Å². The van der Waals surface area contributed by atoms with Gasteiger partial charge in [-0.1, -0.05) is 15.9 Å².